The highest BCUT2D eigenvalue weighted by Crippen LogP contribution is 2.39. The fraction of sp³-hybridized carbons (Fsp3) is 0.667. The van der Waals surface area contributed by atoms with Gasteiger partial charge >= 0.3 is 0 Å². The molecule has 0 radical (unpaired) electrons. The maximum atomic E-state index is 12.4. The Bertz CT molecular complexity index is 736. The molecule has 0 heterocycles. The van der Waals surface area contributed by atoms with Gasteiger partial charge in [0.05, 0.1) is 4.90 Å². The van der Waals surface area contributed by atoms with Crippen LogP contribution in [0.5, 0.6) is 0 Å². The van der Waals surface area contributed by atoms with Crippen LogP contribution in [0.3, 0.4) is 0 Å². The zero-order chi connectivity index (χ0) is 21.2. The van der Waals surface area contributed by atoms with Gasteiger partial charge in [0, 0.05) is 32.8 Å². The van der Waals surface area contributed by atoms with Crippen LogP contribution in [0.2, 0.25) is 0 Å². The predicted molar refractivity (Wildman–Crippen MR) is 118 cm³/mol. The number of guanidine groups is 1. The Morgan fingerprint density at radius 3 is 2.41 bits per heavy atom. The summed E-state index contributed by atoms with van der Waals surface area (Å²) in [5.41, 5.74) is 1.11. The summed E-state index contributed by atoms with van der Waals surface area (Å²) in [5, 5.41) is 15.9. The lowest BCUT2D eigenvalue weighted by molar-refractivity contribution is 0.137. The Kier molecular flexibility index (Phi) is 9.39. The SMILES string of the molecule is CCNC(=NCC1(CCO)CCCCC1)NCCNS(=O)(=O)c1ccc(C)cc1. The van der Waals surface area contributed by atoms with Crippen molar-refractivity contribution in [1.29, 1.82) is 0 Å². The Morgan fingerprint density at radius 2 is 1.79 bits per heavy atom. The molecule has 164 valence electrons. The van der Waals surface area contributed by atoms with Crippen molar-refractivity contribution < 1.29 is 13.5 Å². The first-order valence-electron chi connectivity index (χ1n) is 10.6. The average molecular weight is 425 g/mol. The molecule has 0 amide bonds. The number of aliphatic hydroxyl groups is 1. The maximum Gasteiger partial charge on any atom is 0.240 e. The molecule has 1 aromatic carbocycles. The molecule has 4 N–H and O–H groups in total. The van der Waals surface area contributed by atoms with Crippen molar-refractivity contribution >= 4 is 16.0 Å². The van der Waals surface area contributed by atoms with Gasteiger partial charge in [-0.3, -0.25) is 4.99 Å². The Labute approximate surface area is 175 Å². The van der Waals surface area contributed by atoms with Crippen molar-refractivity contribution in [3.05, 3.63) is 29.8 Å². The van der Waals surface area contributed by atoms with Crippen molar-refractivity contribution in [3.8, 4) is 0 Å². The van der Waals surface area contributed by atoms with E-state index < -0.39 is 10.0 Å². The van der Waals surface area contributed by atoms with Crippen LogP contribution in [0.25, 0.3) is 0 Å². The number of hydrogen-bond donors (Lipinski definition) is 4. The summed E-state index contributed by atoms with van der Waals surface area (Å²) in [6.45, 7) is 6.23. The van der Waals surface area contributed by atoms with E-state index in [0.717, 1.165) is 31.4 Å². The van der Waals surface area contributed by atoms with Crippen LogP contribution in [0, 0.1) is 12.3 Å². The van der Waals surface area contributed by atoms with E-state index in [1.165, 1.54) is 19.3 Å². The van der Waals surface area contributed by atoms with Crippen molar-refractivity contribution in [2.45, 2.75) is 57.3 Å². The number of rotatable bonds is 10. The summed E-state index contributed by atoms with van der Waals surface area (Å²) in [5.74, 6) is 0.685. The minimum Gasteiger partial charge on any atom is -0.396 e. The van der Waals surface area contributed by atoms with E-state index in [4.69, 9.17) is 4.99 Å². The molecule has 0 unspecified atom stereocenters. The van der Waals surface area contributed by atoms with Gasteiger partial charge in [-0.25, -0.2) is 13.1 Å². The maximum absolute atomic E-state index is 12.4. The molecule has 1 fully saturated rings. The summed E-state index contributed by atoms with van der Waals surface area (Å²) in [7, 11) is -3.51. The second kappa shape index (κ2) is 11.5. The normalized spacial score (nSPS) is 17.1. The molecule has 29 heavy (non-hydrogen) atoms. The predicted octanol–water partition coefficient (Wildman–Crippen LogP) is 2.16. The van der Waals surface area contributed by atoms with Gasteiger partial charge in [-0.2, -0.15) is 0 Å². The molecule has 1 aliphatic rings. The number of aliphatic hydroxyl groups excluding tert-OH is 1. The van der Waals surface area contributed by atoms with Crippen LogP contribution in [0.1, 0.15) is 51.0 Å². The summed E-state index contributed by atoms with van der Waals surface area (Å²) < 4.78 is 27.3. The summed E-state index contributed by atoms with van der Waals surface area (Å²) in [6.07, 6.45) is 6.64. The second-order valence-corrected chi connectivity index (χ2v) is 9.63. The number of sulfonamides is 1. The van der Waals surface area contributed by atoms with E-state index in [2.05, 4.69) is 15.4 Å². The second-order valence-electron chi connectivity index (χ2n) is 7.87. The van der Waals surface area contributed by atoms with Crippen LogP contribution < -0.4 is 15.4 Å². The number of aliphatic imine (C=N–C) groups is 1. The largest absolute Gasteiger partial charge is 0.396 e. The first-order chi connectivity index (χ1) is 13.9. The molecule has 7 nitrogen and oxygen atoms in total. The molecular formula is C21H36N4O3S. The van der Waals surface area contributed by atoms with Gasteiger partial charge in [-0.05, 0) is 50.7 Å². The van der Waals surface area contributed by atoms with E-state index >= 15 is 0 Å². The molecule has 1 saturated carbocycles. The van der Waals surface area contributed by atoms with Gasteiger partial charge < -0.3 is 15.7 Å². The lowest BCUT2D eigenvalue weighted by Gasteiger charge is -2.35. The zero-order valence-electron chi connectivity index (χ0n) is 17.7. The minimum atomic E-state index is -3.51. The fourth-order valence-electron chi connectivity index (χ4n) is 3.78. The topological polar surface area (TPSA) is 103 Å². The summed E-state index contributed by atoms with van der Waals surface area (Å²) >= 11 is 0. The molecule has 0 bridgehead atoms. The Morgan fingerprint density at radius 1 is 1.10 bits per heavy atom. The van der Waals surface area contributed by atoms with Gasteiger partial charge in [-0.1, -0.05) is 37.0 Å². The van der Waals surface area contributed by atoms with E-state index in [0.29, 0.717) is 19.0 Å². The molecule has 0 atom stereocenters. The molecule has 8 heteroatoms. The average Bonchev–Trinajstić information content (AvgIpc) is 2.70. The van der Waals surface area contributed by atoms with Gasteiger partial charge in [0.1, 0.15) is 0 Å². The van der Waals surface area contributed by atoms with E-state index in [1.54, 1.807) is 24.3 Å². The lowest BCUT2D eigenvalue weighted by atomic mass is 9.72. The van der Waals surface area contributed by atoms with Crippen LogP contribution in [0.15, 0.2) is 34.2 Å². The first-order valence-corrected chi connectivity index (χ1v) is 12.1. The van der Waals surface area contributed by atoms with Gasteiger partial charge in [-0.15, -0.1) is 0 Å². The third-order valence-electron chi connectivity index (χ3n) is 5.51. The van der Waals surface area contributed by atoms with Crippen LogP contribution in [-0.4, -0.2) is 52.3 Å². The molecule has 0 aliphatic heterocycles. The number of aryl methyl sites for hydroxylation is 1. The van der Waals surface area contributed by atoms with Gasteiger partial charge in [0.2, 0.25) is 10.0 Å². The van der Waals surface area contributed by atoms with E-state index in [1.807, 2.05) is 13.8 Å². The number of nitrogens with zero attached hydrogens (tertiary/aromatic N) is 1. The highest BCUT2D eigenvalue weighted by molar-refractivity contribution is 7.89. The Balaban J connectivity index is 1.88. The zero-order valence-corrected chi connectivity index (χ0v) is 18.5. The smallest absolute Gasteiger partial charge is 0.240 e. The highest BCUT2D eigenvalue weighted by Gasteiger charge is 2.31. The van der Waals surface area contributed by atoms with Crippen LogP contribution in [-0.2, 0) is 10.0 Å². The van der Waals surface area contributed by atoms with E-state index in [-0.39, 0.29) is 23.5 Å². The van der Waals surface area contributed by atoms with Crippen molar-refractivity contribution in [2.24, 2.45) is 10.4 Å². The van der Waals surface area contributed by atoms with E-state index in [9.17, 15) is 13.5 Å². The van der Waals surface area contributed by atoms with Crippen LogP contribution >= 0.6 is 0 Å². The van der Waals surface area contributed by atoms with Gasteiger partial charge in [0.25, 0.3) is 0 Å². The minimum absolute atomic E-state index is 0.0857. The monoisotopic (exact) mass is 424 g/mol. The molecule has 1 aromatic rings. The third-order valence-corrected chi connectivity index (χ3v) is 6.99. The Hall–Kier alpha value is -1.64. The fourth-order valence-corrected chi connectivity index (χ4v) is 4.81. The van der Waals surface area contributed by atoms with Gasteiger partial charge in [0.15, 0.2) is 5.96 Å². The summed E-state index contributed by atoms with van der Waals surface area (Å²) in [6, 6.07) is 6.80. The number of benzene rings is 1. The molecule has 0 spiro atoms. The first kappa shape index (κ1) is 23.6. The van der Waals surface area contributed by atoms with Crippen molar-refractivity contribution in [2.75, 3.05) is 32.8 Å². The van der Waals surface area contributed by atoms with Crippen LogP contribution in [0.4, 0.5) is 0 Å². The highest BCUT2D eigenvalue weighted by atomic mass is 32.2. The molecule has 1 aliphatic carbocycles. The molecule has 0 aromatic heterocycles. The van der Waals surface area contributed by atoms with Crippen molar-refractivity contribution in [1.82, 2.24) is 15.4 Å². The molecule has 0 saturated heterocycles. The lowest BCUT2D eigenvalue weighted by Crippen LogP contribution is -2.42. The quantitative estimate of drug-likeness (QED) is 0.262. The standard InChI is InChI=1S/C21H36N4O3S/c1-3-22-20(24-17-21(13-16-26)11-5-4-6-12-21)23-14-15-25-29(27,28)19-9-7-18(2)8-10-19/h7-10,25-26H,3-6,11-17H2,1-2H3,(H2,22,23,24). The molecule has 2 rings (SSSR count). The van der Waals surface area contributed by atoms with Crippen molar-refractivity contribution in [3.63, 3.8) is 0 Å². The number of nitrogens with one attached hydrogen (secondary N) is 3. The summed E-state index contributed by atoms with van der Waals surface area (Å²) in [4.78, 5) is 5.01. The third kappa shape index (κ3) is 7.60. The molecular weight excluding hydrogens is 388 g/mol. The number of hydrogen-bond acceptors (Lipinski definition) is 4.